The van der Waals surface area contributed by atoms with E-state index in [4.69, 9.17) is 16.1 Å². The molecule has 0 aliphatic rings. The molecule has 1 amide bonds. The zero-order valence-corrected chi connectivity index (χ0v) is 16.0. The Morgan fingerprint density at radius 3 is 2.71 bits per heavy atom. The van der Waals surface area contributed by atoms with Crippen molar-refractivity contribution >= 4 is 28.4 Å². The summed E-state index contributed by atoms with van der Waals surface area (Å²) in [5.41, 5.74) is 2.35. The summed E-state index contributed by atoms with van der Waals surface area (Å²) in [6.45, 7) is 2.69. The summed E-state index contributed by atoms with van der Waals surface area (Å²) in [4.78, 5) is 16.8. The third-order valence-electron chi connectivity index (χ3n) is 4.31. The lowest BCUT2D eigenvalue weighted by Gasteiger charge is -2.04. The lowest BCUT2D eigenvalue weighted by Crippen LogP contribution is -2.26. The Balaban J connectivity index is 1.53. The molecule has 2 aromatic carbocycles. The Labute approximate surface area is 166 Å². The summed E-state index contributed by atoms with van der Waals surface area (Å²) < 4.78 is 6.89. The largest absolute Gasteiger partial charge is 0.350 e. The SMILES string of the molecule is Cc1noc(CCNC(=O)c2nn(Cc3ccc(Cl)cc3)c3ccccc23)n1. The minimum absolute atomic E-state index is 0.234. The van der Waals surface area contributed by atoms with Crippen LogP contribution in [-0.2, 0) is 13.0 Å². The lowest BCUT2D eigenvalue weighted by atomic mass is 10.2. The molecule has 0 fully saturated rings. The van der Waals surface area contributed by atoms with Gasteiger partial charge in [-0.3, -0.25) is 9.48 Å². The van der Waals surface area contributed by atoms with Crippen LogP contribution in [0.4, 0.5) is 0 Å². The van der Waals surface area contributed by atoms with E-state index in [0.717, 1.165) is 16.5 Å². The number of fused-ring (bicyclic) bond motifs is 1. The van der Waals surface area contributed by atoms with Gasteiger partial charge in [0.2, 0.25) is 5.89 Å². The van der Waals surface area contributed by atoms with Crippen LogP contribution >= 0.6 is 11.6 Å². The summed E-state index contributed by atoms with van der Waals surface area (Å²) in [5, 5.41) is 12.7. The van der Waals surface area contributed by atoms with Crippen molar-refractivity contribution in [2.24, 2.45) is 0 Å². The van der Waals surface area contributed by atoms with E-state index in [0.29, 0.717) is 41.9 Å². The Morgan fingerprint density at radius 2 is 1.96 bits per heavy atom. The molecule has 0 spiro atoms. The number of hydrogen-bond acceptors (Lipinski definition) is 5. The first-order valence-electron chi connectivity index (χ1n) is 8.87. The van der Waals surface area contributed by atoms with Crippen LogP contribution in [0.25, 0.3) is 10.9 Å². The molecule has 2 aromatic heterocycles. The van der Waals surface area contributed by atoms with Gasteiger partial charge in [0.15, 0.2) is 11.5 Å². The van der Waals surface area contributed by atoms with E-state index in [1.807, 2.05) is 53.2 Å². The van der Waals surface area contributed by atoms with Crippen LogP contribution in [0.5, 0.6) is 0 Å². The van der Waals surface area contributed by atoms with Crippen LogP contribution < -0.4 is 5.32 Å². The van der Waals surface area contributed by atoms with Gasteiger partial charge in [-0.15, -0.1) is 0 Å². The molecule has 0 aliphatic carbocycles. The highest BCUT2D eigenvalue weighted by Gasteiger charge is 2.17. The van der Waals surface area contributed by atoms with Crippen LogP contribution in [0.2, 0.25) is 5.02 Å². The van der Waals surface area contributed by atoms with Gasteiger partial charge in [0.1, 0.15) is 0 Å². The topological polar surface area (TPSA) is 85.8 Å². The van der Waals surface area contributed by atoms with Crippen molar-refractivity contribution in [2.45, 2.75) is 19.9 Å². The number of amides is 1. The van der Waals surface area contributed by atoms with E-state index >= 15 is 0 Å². The van der Waals surface area contributed by atoms with Crippen LogP contribution in [0, 0.1) is 6.92 Å². The maximum Gasteiger partial charge on any atom is 0.272 e. The summed E-state index contributed by atoms with van der Waals surface area (Å²) in [5.74, 6) is 0.839. The van der Waals surface area contributed by atoms with Crippen molar-refractivity contribution in [3.05, 3.63) is 76.5 Å². The van der Waals surface area contributed by atoms with Crippen LogP contribution in [-0.4, -0.2) is 32.4 Å². The molecule has 7 nitrogen and oxygen atoms in total. The molecule has 0 aliphatic heterocycles. The van der Waals surface area contributed by atoms with E-state index in [1.54, 1.807) is 6.92 Å². The molecule has 0 bridgehead atoms. The number of carbonyl (C=O) groups excluding carboxylic acids is 1. The number of para-hydroxylation sites is 1. The molecular formula is C20H18ClN5O2. The van der Waals surface area contributed by atoms with E-state index in [9.17, 15) is 4.79 Å². The summed E-state index contributed by atoms with van der Waals surface area (Å²) >= 11 is 5.96. The molecule has 4 rings (SSSR count). The third-order valence-corrected chi connectivity index (χ3v) is 4.56. The maximum atomic E-state index is 12.7. The fourth-order valence-electron chi connectivity index (χ4n) is 2.99. The first kappa shape index (κ1) is 18.2. The first-order chi connectivity index (χ1) is 13.6. The van der Waals surface area contributed by atoms with E-state index in [1.165, 1.54) is 0 Å². The van der Waals surface area contributed by atoms with Crippen molar-refractivity contribution in [1.29, 1.82) is 0 Å². The third kappa shape index (κ3) is 3.89. The number of hydrogen-bond donors (Lipinski definition) is 1. The molecule has 0 radical (unpaired) electrons. The molecule has 28 heavy (non-hydrogen) atoms. The van der Waals surface area contributed by atoms with Gasteiger partial charge in [-0.1, -0.05) is 47.1 Å². The van der Waals surface area contributed by atoms with Crippen LogP contribution in [0.1, 0.15) is 27.8 Å². The number of aromatic nitrogens is 4. The van der Waals surface area contributed by atoms with Gasteiger partial charge in [-0.2, -0.15) is 10.1 Å². The number of aryl methyl sites for hydroxylation is 1. The zero-order chi connectivity index (χ0) is 19.5. The van der Waals surface area contributed by atoms with Crippen molar-refractivity contribution < 1.29 is 9.32 Å². The fraction of sp³-hybridized carbons (Fsp3) is 0.200. The van der Waals surface area contributed by atoms with Gasteiger partial charge in [0.25, 0.3) is 5.91 Å². The molecule has 0 saturated carbocycles. The normalized spacial score (nSPS) is 11.1. The quantitative estimate of drug-likeness (QED) is 0.540. The molecule has 2 heterocycles. The molecule has 8 heteroatoms. The summed E-state index contributed by atoms with van der Waals surface area (Å²) in [6.07, 6.45) is 0.468. The second-order valence-electron chi connectivity index (χ2n) is 6.39. The number of halogens is 1. The van der Waals surface area contributed by atoms with Crippen LogP contribution in [0.3, 0.4) is 0 Å². The standard InChI is InChI=1S/C20H18ClN5O2/c1-13-23-18(28-25-13)10-11-22-20(27)19-16-4-2-3-5-17(16)26(24-19)12-14-6-8-15(21)9-7-14/h2-9H,10-12H2,1H3,(H,22,27). The number of carbonyl (C=O) groups is 1. The second kappa shape index (κ2) is 7.82. The van der Waals surface area contributed by atoms with Gasteiger partial charge in [0.05, 0.1) is 12.1 Å². The lowest BCUT2D eigenvalue weighted by molar-refractivity contribution is 0.0949. The monoisotopic (exact) mass is 395 g/mol. The average molecular weight is 396 g/mol. The van der Waals surface area contributed by atoms with Gasteiger partial charge in [-0.25, -0.2) is 0 Å². The Kier molecular flexibility index (Phi) is 5.08. The van der Waals surface area contributed by atoms with E-state index in [2.05, 4.69) is 20.6 Å². The van der Waals surface area contributed by atoms with Gasteiger partial charge >= 0.3 is 0 Å². The smallest absolute Gasteiger partial charge is 0.272 e. The van der Waals surface area contributed by atoms with E-state index < -0.39 is 0 Å². The molecule has 0 atom stereocenters. The van der Waals surface area contributed by atoms with Gasteiger partial charge in [-0.05, 0) is 30.7 Å². The van der Waals surface area contributed by atoms with Gasteiger partial charge in [0, 0.05) is 23.4 Å². The molecule has 0 saturated heterocycles. The Hall–Kier alpha value is -3.19. The highest BCUT2D eigenvalue weighted by Crippen LogP contribution is 2.20. The number of nitrogens with zero attached hydrogens (tertiary/aromatic N) is 4. The first-order valence-corrected chi connectivity index (χ1v) is 9.25. The number of rotatable bonds is 6. The molecule has 1 N–H and O–H groups in total. The Bertz CT molecular complexity index is 1120. The predicted molar refractivity (Wildman–Crippen MR) is 105 cm³/mol. The zero-order valence-electron chi connectivity index (χ0n) is 15.2. The number of nitrogens with one attached hydrogen (secondary N) is 1. The highest BCUT2D eigenvalue weighted by molar-refractivity contribution is 6.30. The molecule has 4 aromatic rings. The fourth-order valence-corrected chi connectivity index (χ4v) is 3.11. The Morgan fingerprint density at radius 1 is 1.18 bits per heavy atom. The summed E-state index contributed by atoms with van der Waals surface area (Å²) in [7, 11) is 0. The number of benzene rings is 2. The molecule has 142 valence electrons. The van der Waals surface area contributed by atoms with Crippen molar-refractivity contribution in [3.8, 4) is 0 Å². The molecular weight excluding hydrogens is 378 g/mol. The van der Waals surface area contributed by atoms with E-state index in [-0.39, 0.29) is 5.91 Å². The van der Waals surface area contributed by atoms with Crippen molar-refractivity contribution in [3.63, 3.8) is 0 Å². The average Bonchev–Trinajstić information content (AvgIpc) is 3.27. The minimum Gasteiger partial charge on any atom is -0.350 e. The van der Waals surface area contributed by atoms with Crippen LogP contribution in [0.15, 0.2) is 53.1 Å². The highest BCUT2D eigenvalue weighted by atomic mass is 35.5. The molecule has 0 unspecified atom stereocenters. The summed E-state index contributed by atoms with van der Waals surface area (Å²) in [6, 6.07) is 15.3. The predicted octanol–water partition coefficient (Wildman–Crippen LogP) is 3.40. The maximum absolute atomic E-state index is 12.7. The van der Waals surface area contributed by atoms with Crippen molar-refractivity contribution in [2.75, 3.05) is 6.54 Å². The second-order valence-corrected chi connectivity index (χ2v) is 6.83. The minimum atomic E-state index is -0.234. The van der Waals surface area contributed by atoms with Crippen molar-refractivity contribution in [1.82, 2.24) is 25.2 Å². The van der Waals surface area contributed by atoms with Gasteiger partial charge < -0.3 is 9.84 Å².